The van der Waals surface area contributed by atoms with E-state index in [2.05, 4.69) is 41.9 Å². The molecule has 0 aliphatic heterocycles. The van der Waals surface area contributed by atoms with Gasteiger partial charge in [-0.2, -0.15) is 5.26 Å². The predicted molar refractivity (Wildman–Crippen MR) is 116 cm³/mol. The molecule has 0 saturated carbocycles. The molecule has 1 N–H and O–H groups in total. The van der Waals surface area contributed by atoms with Crippen LogP contribution in [0.2, 0.25) is 0 Å². The van der Waals surface area contributed by atoms with Gasteiger partial charge in [0.25, 0.3) is 5.91 Å². The predicted octanol–water partition coefficient (Wildman–Crippen LogP) is 4.55. The third-order valence-electron chi connectivity index (χ3n) is 3.91. The number of hydrogen-bond donors (Lipinski definition) is 1. The Labute approximate surface area is 185 Å². The lowest BCUT2D eigenvalue weighted by Crippen LogP contribution is -2.27. The largest absolute Gasteiger partial charge is 0.480 e. The number of methoxy groups -OCH3 is 1. The highest BCUT2D eigenvalue weighted by molar-refractivity contribution is 9.11. The number of amides is 1. The Hall–Kier alpha value is -2.63. The summed E-state index contributed by atoms with van der Waals surface area (Å²) in [5, 5.41) is 12.2. The monoisotopic (exact) mass is 520 g/mol. The van der Waals surface area contributed by atoms with E-state index in [1.807, 2.05) is 43.3 Å². The number of hydrogen-bond acceptors (Lipinski definition) is 5. The number of carbonyl (C=O) groups is 2. The van der Waals surface area contributed by atoms with Gasteiger partial charge in [0, 0.05) is 0 Å². The van der Waals surface area contributed by atoms with Crippen LogP contribution in [0.5, 0.6) is 5.75 Å². The van der Waals surface area contributed by atoms with E-state index in [0.717, 1.165) is 5.56 Å². The van der Waals surface area contributed by atoms with Gasteiger partial charge in [0.1, 0.15) is 17.4 Å². The molecule has 0 saturated heterocycles. The molecular weight excluding hydrogens is 504 g/mol. The SMILES string of the molecule is COC(=O)COc1c(Br)cc(/C=C(/C#N)C(=O)N[C@@H](C)c2ccccc2)cc1Br. The second-order valence-electron chi connectivity index (χ2n) is 5.95. The first kappa shape index (κ1) is 22.7. The van der Waals surface area contributed by atoms with Gasteiger partial charge in [-0.3, -0.25) is 4.79 Å². The molecule has 150 valence electrons. The summed E-state index contributed by atoms with van der Waals surface area (Å²) in [5.41, 5.74) is 1.51. The first-order valence-electron chi connectivity index (χ1n) is 8.52. The van der Waals surface area contributed by atoms with Crippen molar-refractivity contribution in [2.75, 3.05) is 13.7 Å². The van der Waals surface area contributed by atoms with Crippen LogP contribution in [0.3, 0.4) is 0 Å². The van der Waals surface area contributed by atoms with Crippen molar-refractivity contribution in [2.45, 2.75) is 13.0 Å². The minimum atomic E-state index is -0.510. The first-order chi connectivity index (χ1) is 13.8. The van der Waals surface area contributed by atoms with Crippen LogP contribution in [0.25, 0.3) is 6.08 Å². The molecule has 0 fully saturated rings. The number of halogens is 2. The lowest BCUT2D eigenvalue weighted by molar-refractivity contribution is -0.142. The fourth-order valence-corrected chi connectivity index (χ4v) is 3.86. The van der Waals surface area contributed by atoms with E-state index in [1.54, 1.807) is 12.1 Å². The van der Waals surface area contributed by atoms with Gasteiger partial charge in [0.15, 0.2) is 6.61 Å². The maximum absolute atomic E-state index is 12.5. The van der Waals surface area contributed by atoms with Gasteiger partial charge < -0.3 is 14.8 Å². The molecule has 0 aromatic heterocycles. The fraction of sp³-hybridized carbons (Fsp3) is 0.190. The van der Waals surface area contributed by atoms with Crippen molar-refractivity contribution in [3.05, 3.63) is 68.1 Å². The number of carbonyl (C=O) groups excluding carboxylic acids is 2. The highest BCUT2D eigenvalue weighted by Crippen LogP contribution is 2.35. The van der Waals surface area contributed by atoms with Gasteiger partial charge in [-0.05, 0) is 68.1 Å². The molecule has 0 radical (unpaired) electrons. The molecule has 2 rings (SSSR count). The van der Waals surface area contributed by atoms with Crippen molar-refractivity contribution in [3.8, 4) is 11.8 Å². The van der Waals surface area contributed by atoms with Crippen molar-refractivity contribution < 1.29 is 19.1 Å². The molecular formula is C21H18Br2N2O4. The molecule has 6 nitrogen and oxygen atoms in total. The number of benzene rings is 2. The fourth-order valence-electron chi connectivity index (χ4n) is 2.41. The van der Waals surface area contributed by atoms with Crippen molar-refractivity contribution in [1.82, 2.24) is 5.32 Å². The van der Waals surface area contributed by atoms with Crippen molar-refractivity contribution in [3.63, 3.8) is 0 Å². The molecule has 2 aromatic carbocycles. The van der Waals surface area contributed by atoms with Gasteiger partial charge >= 0.3 is 5.97 Å². The zero-order valence-corrected chi connectivity index (χ0v) is 18.9. The van der Waals surface area contributed by atoms with Crippen LogP contribution < -0.4 is 10.1 Å². The van der Waals surface area contributed by atoms with E-state index < -0.39 is 11.9 Å². The molecule has 1 amide bonds. The Morgan fingerprint density at radius 3 is 2.38 bits per heavy atom. The Morgan fingerprint density at radius 1 is 1.21 bits per heavy atom. The van der Waals surface area contributed by atoms with Crippen LogP contribution in [-0.2, 0) is 14.3 Å². The van der Waals surface area contributed by atoms with Crippen molar-refractivity contribution in [2.24, 2.45) is 0 Å². The summed E-state index contributed by atoms with van der Waals surface area (Å²) in [7, 11) is 1.27. The zero-order chi connectivity index (χ0) is 21.4. The standard InChI is InChI=1S/C21H18Br2N2O4/c1-13(15-6-4-3-5-7-15)25-21(27)16(11-24)8-14-9-17(22)20(18(23)10-14)29-12-19(26)28-2/h3-10,13H,12H2,1-2H3,(H,25,27)/b16-8-/t13-/m0/s1. The molecule has 0 spiro atoms. The number of nitrogens with one attached hydrogen (secondary N) is 1. The van der Waals surface area contributed by atoms with Gasteiger partial charge in [-0.15, -0.1) is 0 Å². The van der Waals surface area contributed by atoms with Crippen LogP contribution in [0, 0.1) is 11.3 Å². The maximum atomic E-state index is 12.5. The van der Waals surface area contributed by atoms with E-state index >= 15 is 0 Å². The van der Waals surface area contributed by atoms with E-state index in [9.17, 15) is 14.9 Å². The van der Waals surface area contributed by atoms with E-state index in [-0.39, 0.29) is 18.2 Å². The number of esters is 1. The Bertz CT molecular complexity index is 945. The van der Waals surface area contributed by atoms with Gasteiger partial charge in [0.05, 0.1) is 22.1 Å². The maximum Gasteiger partial charge on any atom is 0.343 e. The quantitative estimate of drug-likeness (QED) is 0.328. The summed E-state index contributed by atoms with van der Waals surface area (Å²) in [6.45, 7) is 1.61. The van der Waals surface area contributed by atoms with E-state index in [4.69, 9.17) is 4.74 Å². The Morgan fingerprint density at radius 2 is 1.83 bits per heavy atom. The van der Waals surface area contributed by atoms with E-state index in [0.29, 0.717) is 20.3 Å². The molecule has 1 atom stereocenters. The summed E-state index contributed by atoms with van der Waals surface area (Å²) in [6, 6.07) is 14.5. The molecule has 8 heteroatoms. The van der Waals surface area contributed by atoms with Crippen LogP contribution in [0.15, 0.2) is 57.0 Å². The average Bonchev–Trinajstić information content (AvgIpc) is 2.71. The first-order valence-corrected chi connectivity index (χ1v) is 10.1. The number of nitrogens with zero attached hydrogens (tertiary/aromatic N) is 1. The topological polar surface area (TPSA) is 88.4 Å². The summed E-state index contributed by atoms with van der Waals surface area (Å²) in [6.07, 6.45) is 1.48. The Balaban J connectivity index is 2.18. The molecule has 0 heterocycles. The second kappa shape index (κ2) is 10.8. The summed E-state index contributed by atoms with van der Waals surface area (Å²) in [5.74, 6) is -0.570. The zero-order valence-electron chi connectivity index (χ0n) is 15.7. The number of rotatable bonds is 7. The molecule has 29 heavy (non-hydrogen) atoms. The lowest BCUT2D eigenvalue weighted by atomic mass is 10.1. The van der Waals surface area contributed by atoms with Crippen LogP contribution >= 0.6 is 31.9 Å². The summed E-state index contributed by atoms with van der Waals surface area (Å²) in [4.78, 5) is 23.8. The smallest absolute Gasteiger partial charge is 0.343 e. The van der Waals surface area contributed by atoms with Crippen LogP contribution in [-0.4, -0.2) is 25.6 Å². The van der Waals surface area contributed by atoms with Gasteiger partial charge in [-0.1, -0.05) is 30.3 Å². The highest BCUT2D eigenvalue weighted by Gasteiger charge is 2.15. The van der Waals surface area contributed by atoms with Crippen LogP contribution in [0.1, 0.15) is 24.1 Å². The molecule has 0 aliphatic carbocycles. The molecule has 0 unspecified atom stereocenters. The average molecular weight is 522 g/mol. The molecule has 2 aromatic rings. The second-order valence-corrected chi connectivity index (χ2v) is 7.66. The Kier molecular flexibility index (Phi) is 8.43. The molecule has 0 aliphatic rings. The normalized spacial score (nSPS) is 11.9. The number of ether oxygens (including phenoxy) is 2. The lowest BCUT2D eigenvalue weighted by Gasteiger charge is -2.14. The van der Waals surface area contributed by atoms with Crippen molar-refractivity contribution >= 4 is 49.8 Å². The van der Waals surface area contributed by atoms with E-state index in [1.165, 1.54) is 13.2 Å². The third kappa shape index (κ3) is 6.44. The van der Waals surface area contributed by atoms with Crippen LogP contribution in [0.4, 0.5) is 0 Å². The number of nitriles is 1. The minimum Gasteiger partial charge on any atom is -0.480 e. The summed E-state index contributed by atoms with van der Waals surface area (Å²) >= 11 is 6.74. The van der Waals surface area contributed by atoms with Gasteiger partial charge in [-0.25, -0.2) is 4.79 Å². The molecule has 0 bridgehead atoms. The van der Waals surface area contributed by atoms with Gasteiger partial charge in [0.2, 0.25) is 0 Å². The third-order valence-corrected chi connectivity index (χ3v) is 5.08. The van der Waals surface area contributed by atoms with Crippen molar-refractivity contribution in [1.29, 1.82) is 5.26 Å². The summed E-state index contributed by atoms with van der Waals surface area (Å²) < 4.78 is 11.1. The highest BCUT2D eigenvalue weighted by atomic mass is 79.9. The minimum absolute atomic E-state index is 0.0326.